The SMILES string of the molecule is CC.CC.O=C1N=C(Nc2cccc3c2C(=O)c2cccc(NC4=NC(=O)c5ccccc54)c2C3=O)c2ccccc21. The summed E-state index contributed by atoms with van der Waals surface area (Å²) in [5.74, 6) is -0.780. The van der Waals surface area contributed by atoms with Crippen molar-refractivity contribution in [1.82, 2.24) is 0 Å². The summed E-state index contributed by atoms with van der Waals surface area (Å²) in [7, 11) is 0. The van der Waals surface area contributed by atoms with Crippen LogP contribution in [-0.2, 0) is 0 Å². The number of nitrogens with one attached hydrogen (secondary N) is 2. The molecule has 0 aromatic heterocycles. The third kappa shape index (κ3) is 4.53. The average Bonchev–Trinajstić information content (AvgIpc) is 3.53. The molecular weight excluding hydrogens is 528 g/mol. The van der Waals surface area contributed by atoms with E-state index in [1.807, 2.05) is 27.7 Å². The summed E-state index contributed by atoms with van der Waals surface area (Å²) < 4.78 is 0. The Labute approximate surface area is 243 Å². The standard InChI is InChI=1S/C30H16N4O4.2C2H6/c35-25-20-12-6-14-22(32-28-16-8-2-4-10-18(16)30(38)34-28)24(20)26(36)19-11-5-13-21(23(19)25)31-27-15-7-1-3-9-17(15)29(37)33-27;2*1-2/h1-14H,(H,31,33,37)(H,32,34,38);2*1-2H3. The molecule has 4 aromatic rings. The van der Waals surface area contributed by atoms with E-state index in [4.69, 9.17) is 0 Å². The van der Waals surface area contributed by atoms with E-state index < -0.39 is 0 Å². The van der Waals surface area contributed by atoms with Gasteiger partial charge in [0.1, 0.15) is 11.7 Å². The molecular formula is C34H28N4O4. The maximum Gasteiger partial charge on any atom is 0.279 e. The molecule has 4 aromatic carbocycles. The van der Waals surface area contributed by atoms with Crippen LogP contribution in [0.4, 0.5) is 11.4 Å². The van der Waals surface area contributed by atoms with Crippen LogP contribution in [0.5, 0.6) is 0 Å². The van der Waals surface area contributed by atoms with Gasteiger partial charge in [0.2, 0.25) is 0 Å². The van der Waals surface area contributed by atoms with Crippen LogP contribution in [0.1, 0.15) is 91.4 Å². The molecule has 2 amide bonds. The Morgan fingerprint density at radius 3 is 1.14 bits per heavy atom. The van der Waals surface area contributed by atoms with E-state index in [0.29, 0.717) is 45.3 Å². The van der Waals surface area contributed by atoms with Crippen LogP contribution >= 0.6 is 0 Å². The lowest BCUT2D eigenvalue weighted by Crippen LogP contribution is -2.26. The van der Waals surface area contributed by atoms with Crippen molar-refractivity contribution in [3.8, 4) is 0 Å². The zero-order chi connectivity index (χ0) is 30.0. The van der Waals surface area contributed by atoms with Crippen molar-refractivity contribution in [2.24, 2.45) is 9.98 Å². The number of hydrogen-bond acceptors (Lipinski definition) is 6. The minimum atomic E-state index is -0.369. The summed E-state index contributed by atoms with van der Waals surface area (Å²) in [4.78, 5) is 60.4. The fourth-order valence-corrected chi connectivity index (χ4v) is 5.09. The second kappa shape index (κ2) is 11.5. The predicted octanol–water partition coefficient (Wildman–Crippen LogP) is 6.54. The van der Waals surface area contributed by atoms with Gasteiger partial charge in [0.25, 0.3) is 11.8 Å². The van der Waals surface area contributed by atoms with Crippen molar-refractivity contribution < 1.29 is 19.2 Å². The molecule has 7 rings (SSSR count). The first-order valence-electron chi connectivity index (χ1n) is 13.9. The Morgan fingerprint density at radius 2 is 0.762 bits per heavy atom. The lowest BCUT2D eigenvalue weighted by atomic mass is 9.82. The number of carbonyl (C=O) groups excluding carboxylic acids is 4. The summed E-state index contributed by atoms with van der Waals surface area (Å²) in [5.41, 5.74) is 3.83. The van der Waals surface area contributed by atoms with Crippen LogP contribution in [0.3, 0.4) is 0 Å². The number of nitrogens with zero attached hydrogens (tertiary/aromatic N) is 2. The van der Waals surface area contributed by atoms with Gasteiger partial charge in [-0.05, 0) is 24.3 Å². The summed E-state index contributed by atoms with van der Waals surface area (Å²) in [6.07, 6.45) is 0. The molecule has 2 heterocycles. The summed E-state index contributed by atoms with van der Waals surface area (Å²) >= 11 is 0. The third-order valence-electron chi connectivity index (χ3n) is 6.83. The van der Waals surface area contributed by atoms with Crippen molar-refractivity contribution >= 4 is 46.4 Å². The van der Waals surface area contributed by atoms with Crippen molar-refractivity contribution in [1.29, 1.82) is 0 Å². The first-order valence-corrected chi connectivity index (χ1v) is 13.9. The zero-order valence-electron chi connectivity index (χ0n) is 23.6. The van der Waals surface area contributed by atoms with E-state index in [1.54, 1.807) is 84.9 Å². The lowest BCUT2D eigenvalue weighted by molar-refractivity contribution is 0.0980. The summed E-state index contributed by atoms with van der Waals surface area (Å²) in [6.45, 7) is 8.00. The van der Waals surface area contributed by atoms with Gasteiger partial charge in [-0.3, -0.25) is 19.2 Å². The van der Waals surface area contributed by atoms with Crippen LogP contribution in [0.15, 0.2) is 94.9 Å². The molecule has 0 bridgehead atoms. The topological polar surface area (TPSA) is 117 Å². The molecule has 2 aliphatic heterocycles. The van der Waals surface area contributed by atoms with Crippen LogP contribution in [0.25, 0.3) is 0 Å². The highest BCUT2D eigenvalue weighted by molar-refractivity contribution is 6.34. The molecule has 0 unspecified atom stereocenters. The molecule has 8 heteroatoms. The van der Waals surface area contributed by atoms with Crippen LogP contribution in [0.2, 0.25) is 0 Å². The Bertz CT molecular complexity index is 1720. The monoisotopic (exact) mass is 556 g/mol. The highest BCUT2D eigenvalue weighted by Crippen LogP contribution is 2.36. The fourth-order valence-electron chi connectivity index (χ4n) is 5.09. The second-order valence-electron chi connectivity index (χ2n) is 8.99. The maximum absolute atomic E-state index is 13.8. The van der Waals surface area contributed by atoms with Gasteiger partial charge in [-0.1, -0.05) is 88.4 Å². The smallest absolute Gasteiger partial charge is 0.279 e. The minimum absolute atomic E-state index is 0.209. The average molecular weight is 557 g/mol. The largest absolute Gasteiger partial charge is 0.339 e. The molecule has 208 valence electrons. The number of benzene rings is 4. The van der Waals surface area contributed by atoms with Gasteiger partial charge >= 0.3 is 0 Å². The number of amides is 2. The summed E-state index contributed by atoms with van der Waals surface area (Å²) in [6, 6.07) is 24.0. The highest BCUT2D eigenvalue weighted by atomic mass is 16.2. The number of carbonyl (C=O) groups is 4. The Balaban J connectivity index is 0.000000847. The molecule has 42 heavy (non-hydrogen) atoms. The van der Waals surface area contributed by atoms with Crippen LogP contribution in [0, 0.1) is 0 Å². The normalized spacial score (nSPS) is 13.7. The molecule has 0 radical (unpaired) electrons. The summed E-state index contributed by atoms with van der Waals surface area (Å²) in [5, 5.41) is 6.22. The maximum atomic E-state index is 13.8. The number of anilines is 2. The van der Waals surface area contributed by atoms with Gasteiger partial charge in [-0.15, -0.1) is 0 Å². The van der Waals surface area contributed by atoms with Gasteiger partial charge < -0.3 is 10.6 Å². The van der Waals surface area contributed by atoms with Crippen molar-refractivity contribution in [2.75, 3.05) is 10.6 Å². The predicted molar refractivity (Wildman–Crippen MR) is 164 cm³/mol. The zero-order valence-corrected chi connectivity index (χ0v) is 23.6. The van der Waals surface area contributed by atoms with Gasteiger partial charge in [-0.25, -0.2) is 0 Å². The third-order valence-corrected chi connectivity index (χ3v) is 6.83. The van der Waals surface area contributed by atoms with Gasteiger partial charge in [0, 0.05) is 22.3 Å². The molecule has 0 atom stereocenters. The first-order chi connectivity index (χ1) is 20.5. The minimum Gasteiger partial charge on any atom is -0.339 e. The molecule has 0 saturated heterocycles. The molecule has 0 fully saturated rings. The molecule has 2 N–H and O–H groups in total. The Morgan fingerprint density at radius 1 is 0.429 bits per heavy atom. The molecule has 1 aliphatic carbocycles. The van der Waals surface area contributed by atoms with E-state index in [0.717, 1.165) is 0 Å². The highest BCUT2D eigenvalue weighted by Gasteiger charge is 2.35. The quantitative estimate of drug-likeness (QED) is 0.255. The van der Waals surface area contributed by atoms with Gasteiger partial charge in [0.15, 0.2) is 11.6 Å². The molecule has 3 aliphatic rings. The van der Waals surface area contributed by atoms with E-state index in [9.17, 15) is 19.2 Å². The molecule has 8 nitrogen and oxygen atoms in total. The van der Waals surface area contributed by atoms with Crippen molar-refractivity contribution in [2.45, 2.75) is 27.7 Å². The van der Waals surface area contributed by atoms with Gasteiger partial charge in [-0.2, -0.15) is 9.98 Å². The fraction of sp³-hybridized carbons (Fsp3) is 0.118. The Kier molecular flexibility index (Phi) is 7.71. The molecule has 0 spiro atoms. The first kappa shape index (κ1) is 28.0. The van der Waals surface area contributed by atoms with E-state index in [-0.39, 0.29) is 45.6 Å². The van der Waals surface area contributed by atoms with Crippen LogP contribution < -0.4 is 10.6 Å². The van der Waals surface area contributed by atoms with E-state index in [2.05, 4.69) is 20.6 Å². The number of hydrogen-bond donors (Lipinski definition) is 2. The number of fused-ring (bicyclic) bond motifs is 4. The number of rotatable bonds is 2. The van der Waals surface area contributed by atoms with Crippen molar-refractivity contribution in [3.05, 3.63) is 129 Å². The second-order valence-corrected chi connectivity index (χ2v) is 8.99. The number of amidine groups is 2. The van der Waals surface area contributed by atoms with E-state index >= 15 is 0 Å². The van der Waals surface area contributed by atoms with Crippen LogP contribution in [-0.4, -0.2) is 35.1 Å². The van der Waals surface area contributed by atoms with Gasteiger partial charge in [0.05, 0.1) is 33.6 Å². The number of aliphatic imine (C=N–C) groups is 2. The molecule has 0 saturated carbocycles. The lowest BCUT2D eigenvalue weighted by Gasteiger charge is -2.23. The van der Waals surface area contributed by atoms with Crippen molar-refractivity contribution in [3.63, 3.8) is 0 Å². The number of ketones is 2. The Hall–Kier alpha value is -5.50. The van der Waals surface area contributed by atoms with E-state index in [1.165, 1.54) is 0 Å².